The second kappa shape index (κ2) is 12.6. The Morgan fingerprint density at radius 1 is 1.15 bits per heavy atom. The summed E-state index contributed by atoms with van der Waals surface area (Å²) < 4.78 is 10.1. The molecule has 0 rings (SSSR count). The number of hydrogen-bond acceptors (Lipinski definition) is 7. The largest absolute Gasteiger partial charge is 0.480 e. The van der Waals surface area contributed by atoms with Crippen molar-refractivity contribution in [2.24, 2.45) is 5.41 Å². The Kier molecular flexibility index (Phi) is 11.7. The lowest BCUT2D eigenvalue weighted by molar-refractivity contribution is -0.175. The van der Waals surface area contributed by atoms with E-state index in [1.807, 2.05) is 0 Å². The molecule has 8 nitrogen and oxygen atoms in total. The van der Waals surface area contributed by atoms with Crippen LogP contribution < -0.4 is 5.32 Å². The second-order valence-corrected chi connectivity index (χ2v) is 6.79. The van der Waals surface area contributed by atoms with Crippen LogP contribution in [0.4, 0.5) is 0 Å². The summed E-state index contributed by atoms with van der Waals surface area (Å²) in [7, 11) is 0. The molecule has 0 saturated carbocycles. The number of carbonyl (C=O) groups is 4. The lowest BCUT2D eigenvalue weighted by Gasteiger charge is -2.27. The second-order valence-electron chi connectivity index (χ2n) is 5.69. The predicted octanol–water partition coefficient (Wildman–Crippen LogP) is 1.96. The Balaban J connectivity index is 4.65. The van der Waals surface area contributed by atoms with Crippen LogP contribution in [0.1, 0.15) is 53.4 Å². The van der Waals surface area contributed by atoms with Gasteiger partial charge in [0.1, 0.15) is 0 Å². The summed E-state index contributed by atoms with van der Waals surface area (Å²) in [5.41, 5.74) is -1.62. The molecule has 0 heterocycles. The maximum atomic E-state index is 12.4. The molecule has 0 aromatic carbocycles. The van der Waals surface area contributed by atoms with Gasteiger partial charge < -0.3 is 19.9 Å². The fourth-order valence-electron chi connectivity index (χ4n) is 2.29. The molecule has 1 amide bonds. The van der Waals surface area contributed by atoms with Crippen molar-refractivity contribution in [3.63, 3.8) is 0 Å². The summed E-state index contributed by atoms with van der Waals surface area (Å²) in [6.45, 7) is 6.58. The van der Waals surface area contributed by atoms with Gasteiger partial charge in [-0.2, -0.15) is 11.8 Å². The Bertz CT molecular complexity index is 492. The minimum Gasteiger partial charge on any atom is -0.480 e. The van der Waals surface area contributed by atoms with E-state index >= 15 is 0 Å². The summed E-state index contributed by atoms with van der Waals surface area (Å²) in [5.74, 6) is -1.92. The van der Waals surface area contributed by atoms with Crippen LogP contribution in [-0.2, 0) is 28.7 Å². The van der Waals surface area contributed by atoms with Crippen molar-refractivity contribution in [2.45, 2.75) is 59.6 Å². The van der Waals surface area contributed by atoms with Crippen LogP contribution in [0.3, 0.4) is 0 Å². The monoisotopic (exact) mass is 391 g/mol. The number of aliphatic carboxylic acids is 1. The lowest BCUT2D eigenvalue weighted by Crippen LogP contribution is -2.45. The number of hydrogen-bond donors (Lipinski definition) is 2. The van der Waals surface area contributed by atoms with Crippen LogP contribution in [0.2, 0.25) is 0 Å². The molecule has 150 valence electrons. The zero-order valence-electron chi connectivity index (χ0n) is 15.8. The molecule has 0 aromatic rings. The molecule has 0 aliphatic heterocycles. The van der Waals surface area contributed by atoms with Gasteiger partial charge in [-0.1, -0.05) is 13.8 Å². The highest BCUT2D eigenvalue weighted by Gasteiger charge is 2.45. The summed E-state index contributed by atoms with van der Waals surface area (Å²) in [6, 6.07) is 0. The molecule has 0 aromatic heterocycles. The van der Waals surface area contributed by atoms with Crippen molar-refractivity contribution < 1.29 is 33.8 Å². The van der Waals surface area contributed by atoms with Crippen LogP contribution in [-0.4, -0.2) is 53.3 Å². The fraction of sp³-hybridized carbons (Fsp3) is 0.765. The summed E-state index contributed by atoms with van der Waals surface area (Å²) >= 11 is 1.38. The van der Waals surface area contributed by atoms with Gasteiger partial charge in [0.25, 0.3) is 0 Å². The standard InChI is InChI=1S/C17H29NO7S/c1-5-17(6-2,15(21)22)16(23)25-13(18-12(4)19)9-8-10-26-11-14(20)24-7-3/h13H,5-11H2,1-4H3,(H,18,19)(H,21,22). The van der Waals surface area contributed by atoms with Crippen molar-refractivity contribution in [3.8, 4) is 0 Å². The molecular formula is C17H29NO7S. The highest BCUT2D eigenvalue weighted by Crippen LogP contribution is 2.29. The van der Waals surface area contributed by atoms with E-state index in [0.717, 1.165) is 0 Å². The van der Waals surface area contributed by atoms with Gasteiger partial charge in [-0.05, 0) is 31.9 Å². The molecule has 0 fully saturated rings. The third-order valence-corrected chi connectivity index (χ3v) is 4.92. The number of carboxylic acids is 1. The third kappa shape index (κ3) is 8.07. The Morgan fingerprint density at radius 2 is 1.77 bits per heavy atom. The van der Waals surface area contributed by atoms with E-state index in [1.165, 1.54) is 18.7 Å². The predicted molar refractivity (Wildman–Crippen MR) is 97.5 cm³/mol. The van der Waals surface area contributed by atoms with E-state index in [4.69, 9.17) is 9.47 Å². The molecule has 0 saturated heterocycles. The van der Waals surface area contributed by atoms with E-state index in [0.29, 0.717) is 25.2 Å². The molecule has 1 unspecified atom stereocenters. The first-order valence-electron chi connectivity index (χ1n) is 8.68. The summed E-state index contributed by atoms with van der Waals surface area (Å²) in [4.78, 5) is 46.5. The fourth-order valence-corrected chi connectivity index (χ4v) is 3.05. The summed E-state index contributed by atoms with van der Waals surface area (Å²) in [6.07, 6.45) is 0.185. The highest BCUT2D eigenvalue weighted by atomic mass is 32.2. The first-order chi connectivity index (χ1) is 12.2. The van der Waals surface area contributed by atoms with Crippen LogP contribution in [0, 0.1) is 5.41 Å². The molecule has 1 atom stereocenters. The minimum absolute atomic E-state index is 0.0971. The Morgan fingerprint density at radius 3 is 2.23 bits per heavy atom. The zero-order chi connectivity index (χ0) is 20.2. The molecule has 0 aliphatic rings. The van der Waals surface area contributed by atoms with E-state index in [9.17, 15) is 24.3 Å². The molecule has 26 heavy (non-hydrogen) atoms. The SMILES string of the molecule is CCOC(=O)CSCCCC(NC(C)=O)OC(=O)C(CC)(CC)C(=O)O. The van der Waals surface area contributed by atoms with E-state index in [2.05, 4.69) is 5.32 Å². The topological polar surface area (TPSA) is 119 Å². The maximum absolute atomic E-state index is 12.4. The Labute approximate surface area is 158 Å². The van der Waals surface area contributed by atoms with Crippen molar-refractivity contribution in [1.82, 2.24) is 5.32 Å². The van der Waals surface area contributed by atoms with E-state index < -0.39 is 23.6 Å². The van der Waals surface area contributed by atoms with Gasteiger partial charge in [0.2, 0.25) is 5.91 Å². The van der Waals surface area contributed by atoms with Crippen molar-refractivity contribution >= 4 is 35.6 Å². The smallest absolute Gasteiger partial charge is 0.325 e. The average molecular weight is 391 g/mol. The molecule has 0 aliphatic carbocycles. The number of carboxylic acid groups (broad SMARTS) is 1. The first kappa shape index (κ1) is 24.2. The van der Waals surface area contributed by atoms with Gasteiger partial charge in [-0.15, -0.1) is 0 Å². The van der Waals surface area contributed by atoms with Crippen LogP contribution in [0.25, 0.3) is 0 Å². The lowest BCUT2D eigenvalue weighted by atomic mass is 9.82. The summed E-state index contributed by atoms with van der Waals surface area (Å²) in [5, 5.41) is 11.9. The number of amides is 1. The van der Waals surface area contributed by atoms with Gasteiger partial charge in [-0.25, -0.2) is 0 Å². The van der Waals surface area contributed by atoms with Crippen LogP contribution in [0.15, 0.2) is 0 Å². The normalized spacial score (nSPS) is 12.2. The maximum Gasteiger partial charge on any atom is 0.325 e. The first-order valence-corrected chi connectivity index (χ1v) is 9.83. The molecular weight excluding hydrogens is 362 g/mol. The van der Waals surface area contributed by atoms with Gasteiger partial charge in [0.15, 0.2) is 11.6 Å². The number of ether oxygens (including phenoxy) is 2. The number of esters is 2. The third-order valence-electron chi connectivity index (χ3n) is 3.90. The van der Waals surface area contributed by atoms with Gasteiger partial charge in [0.05, 0.1) is 12.4 Å². The molecule has 2 N–H and O–H groups in total. The van der Waals surface area contributed by atoms with Crippen LogP contribution >= 0.6 is 11.8 Å². The highest BCUT2D eigenvalue weighted by molar-refractivity contribution is 7.99. The number of carbonyl (C=O) groups excluding carboxylic acids is 3. The quantitative estimate of drug-likeness (QED) is 0.212. The molecule has 0 bridgehead atoms. The zero-order valence-corrected chi connectivity index (χ0v) is 16.6. The Hall–Kier alpha value is -1.77. The molecule has 0 spiro atoms. The van der Waals surface area contributed by atoms with E-state index in [1.54, 1.807) is 20.8 Å². The van der Waals surface area contributed by atoms with Crippen LogP contribution in [0.5, 0.6) is 0 Å². The van der Waals surface area contributed by atoms with Gasteiger partial charge >= 0.3 is 17.9 Å². The van der Waals surface area contributed by atoms with Gasteiger partial charge in [0, 0.05) is 13.3 Å². The minimum atomic E-state index is -1.62. The van der Waals surface area contributed by atoms with E-state index in [-0.39, 0.29) is 30.5 Å². The molecule has 9 heteroatoms. The van der Waals surface area contributed by atoms with Crippen molar-refractivity contribution in [3.05, 3.63) is 0 Å². The average Bonchev–Trinajstić information content (AvgIpc) is 2.55. The van der Waals surface area contributed by atoms with Crippen molar-refractivity contribution in [2.75, 3.05) is 18.1 Å². The van der Waals surface area contributed by atoms with Crippen molar-refractivity contribution in [1.29, 1.82) is 0 Å². The number of rotatable bonds is 13. The number of thioether (sulfide) groups is 1. The number of nitrogens with one attached hydrogen (secondary N) is 1. The van der Waals surface area contributed by atoms with Gasteiger partial charge in [-0.3, -0.25) is 19.2 Å². The molecule has 0 radical (unpaired) electrons.